The monoisotopic (exact) mass is 290 g/mol. The van der Waals surface area contributed by atoms with E-state index in [-0.39, 0.29) is 12.5 Å². The molecule has 102 valence electrons. The van der Waals surface area contributed by atoms with E-state index >= 15 is 0 Å². The van der Waals surface area contributed by atoms with E-state index in [4.69, 9.17) is 21.2 Å². The molecule has 0 aliphatic rings. The number of hydrogen-bond donors (Lipinski definition) is 2. The predicted molar refractivity (Wildman–Crippen MR) is 74.6 cm³/mol. The van der Waals surface area contributed by atoms with Gasteiger partial charge in [-0.3, -0.25) is 4.79 Å². The van der Waals surface area contributed by atoms with Crippen molar-refractivity contribution in [1.82, 2.24) is 5.16 Å². The van der Waals surface area contributed by atoms with E-state index in [1.54, 1.807) is 25.1 Å². The first-order valence-electron chi connectivity index (χ1n) is 5.73. The summed E-state index contributed by atoms with van der Waals surface area (Å²) >= 11 is 6.02. The van der Waals surface area contributed by atoms with Crippen molar-refractivity contribution in [3.05, 3.63) is 46.3 Å². The minimum Gasteiger partial charge on any atom is -0.384 e. The zero-order valence-corrected chi connectivity index (χ0v) is 11.4. The summed E-state index contributed by atoms with van der Waals surface area (Å²) < 4.78 is 4.84. The quantitative estimate of drug-likeness (QED) is 0.832. The van der Waals surface area contributed by atoms with Crippen LogP contribution in [0.4, 0.5) is 5.69 Å². The molecule has 0 spiro atoms. The third-order valence-electron chi connectivity index (χ3n) is 2.52. The van der Waals surface area contributed by atoms with Gasteiger partial charge in [0.15, 0.2) is 0 Å². The SMILES string of the molecule is Cc1oncc1C(=O)Nc1cc(C#CCO)ccc1Cl. The van der Waals surface area contributed by atoms with E-state index in [0.29, 0.717) is 27.6 Å². The molecule has 0 radical (unpaired) electrons. The highest BCUT2D eigenvalue weighted by atomic mass is 35.5. The van der Waals surface area contributed by atoms with Crippen LogP contribution < -0.4 is 5.32 Å². The molecule has 0 bridgehead atoms. The molecular weight excluding hydrogens is 280 g/mol. The summed E-state index contributed by atoms with van der Waals surface area (Å²) in [5.41, 5.74) is 1.41. The van der Waals surface area contributed by atoms with Gasteiger partial charge in [-0.25, -0.2) is 0 Å². The maximum Gasteiger partial charge on any atom is 0.260 e. The van der Waals surface area contributed by atoms with Crippen LogP contribution in [0.5, 0.6) is 0 Å². The van der Waals surface area contributed by atoms with Gasteiger partial charge in [-0.05, 0) is 25.1 Å². The van der Waals surface area contributed by atoms with Gasteiger partial charge in [-0.15, -0.1) is 0 Å². The van der Waals surface area contributed by atoms with Crippen LogP contribution in [0, 0.1) is 18.8 Å². The molecule has 1 heterocycles. The van der Waals surface area contributed by atoms with Gasteiger partial charge in [0.05, 0.1) is 16.9 Å². The number of hydrogen-bond acceptors (Lipinski definition) is 4. The predicted octanol–water partition coefficient (Wildman–Crippen LogP) is 2.23. The molecule has 1 aromatic heterocycles. The number of carbonyl (C=O) groups excluding carboxylic acids is 1. The molecule has 0 aliphatic carbocycles. The molecule has 0 atom stereocenters. The number of anilines is 1. The molecule has 1 amide bonds. The number of nitrogens with zero attached hydrogens (tertiary/aromatic N) is 1. The Morgan fingerprint density at radius 1 is 1.55 bits per heavy atom. The normalized spacial score (nSPS) is 9.75. The molecule has 0 unspecified atom stereocenters. The summed E-state index contributed by atoms with van der Waals surface area (Å²) in [5, 5.41) is 15.3. The van der Waals surface area contributed by atoms with E-state index in [1.165, 1.54) is 6.20 Å². The molecule has 1 aromatic carbocycles. The van der Waals surface area contributed by atoms with Gasteiger partial charge in [-0.1, -0.05) is 28.6 Å². The van der Waals surface area contributed by atoms with Crippen molar-refractivity contribution in [3.8, 4) is 11.8 Å². The average molecular weight is 291 g/mol. The van der Waals surface area contributed by atoms with Crippen molar-refractivity contribution < 1.29 is 14.4 Å². The first-order valence-corrected chi connectivity index (χ1v) is 6.11. The Labute approximate surface area is 120 Å². The fraction of sp³-hybridized carbons (Fsp3) is 0.143. The van der Waals surface area contributed by atoms with Gasteiger partial charge < -0.3 is 14.9 Å². The Morgan fingerprint density at radius 3 is 3.00 bits per heavy atom. The summed E-state index contributed by atoms with van der Waals surface area (Å²) in [6.07, 6.45) is 1.34. The van der Waals surface area contributed by atoms with E-state index in [0.717, 1.165) is 0 Å². The standard InChI is InChI=1S/C14H11ClN2O3/c1-9-11(8-16-20-9)14(19)17-13-7-10(3-2-6-18)4-5-12(13)15/h4-5,7-8,18H,6H2,1H3,(H,17,19). The van der Waals surface area contributed by atoms with Crippen molar-refractivity contribution >= 4 is 23.2 Å². The van der Waals surface area contributed by atoms with Crippen molar-refractivity contribution in [2.45, 2.75) is 6.92 Å². The summed E-state index contributed by atoms with van der Waals surface area (Å²) in [6, 6.07) is 4.95. The third kappa shape index (κ3) is 3.18. The molecule has 2 rings (SSSR count). The second-order valence-electron chi connectivity index (χ2n) is 3.90. The summed E-state index contributed by atoms with van der Waals surface area (Å²) in [4.78, 5) is 12.0. The highest BCUT2D eigenvalue weighted by molar-refractivity contribution is 6.34. The lowest BCUT2D eigenvalue weighted by atomic mass is 10.2. The molecule has 0 aliphatic heterocycles. The lowest BCUT2D eigenvalue weighted by Crippen LogP contribution is -2.12. The number of nitrogens with one attached hydrogen (secondary N) is 1. The van der Waals surface area contributed by atoms with Gasteiger partial charge in [0, 0.05) is 5.56 Å². The molecule has 0 saturated carbocycles. The van der Waals surface area contributed by atoms with Crippen LogP contribution in [0.1, 0.15) is 21.7 Å². The maximum atomic E-state index is 12.0. The van der Waals surface area contributed by atoms with E-state index in [1.807, 2.05) is 0 Å². The number of rotatable bonds is 2. The van der Waals surface area contributed by atoms with E-state index in [9.17, 15) is 4.79 Å². The van der Waals surface area contributed by atoms with Crippen LogP contribution >= 0.6 is 11.6 Å². The lowest BCUT2D eigenvalue weighted by Gasteiger charge is -2.06. The molecule has 0 fully saturated rings. The minimum absolute atomic E-state index is 0.232. The van der Waals surface area contributed by atoms with Crippen molar-refractivity contribution in [2.75, 3.05) is 11.9 Å². The van der Waals surface area contributed by atoms with Gasteiger partial charge >= 0.3 is 0 Å². The first-order chi connectivity index (χ1) is 9.61. The second-order valence-corrected chi connectivity index (χ2v) is 4.31. The number of halogens is 1. The zero-order chi connectivity index (χ0) is 14.5. The van der Waals surface area contributed by atoms with Gasteiger partial charge in [-0.2, -0.15) is 0 Å². The number of aliphatic hydroxyl groups is 1. The average Bonchev–Trinajstić information content (AvgIpc) is 2.86. The second kappa shape index (κ2) is 6.24. The molecular formula is C14H11ClN2O3. The van der Waals surface area contributed by atoms with Crippen LogP contribution in [0.2, 0.25) is 5.02 Å². The number of aryl methyl sites for hydroxylation is 1. The van der Waals surface area contributed by atoms with Crippen LogP contribution in [-0.2, 0) is 0 Å². The fourth-order valence-electron chi connectivity index (χ4n) is 1.55. The zero-order valence-electron chi connectivity index (χ0n) is 10.6. The largest absolute Gasteiger partial charge is 0.384 e. The van der Waals surface area contributed by atoms with Crippen molar-refractivity contribution in [2.24, 2.45) is 0 Å². The van der Waals surface area contributed by atoms with Crippen LogP contribution in [0.3, 0.4) is 0 Å². The first kappa shape index (κ1) is 14.1. The lowest BCUT2D eigenvalue weighted by molar-refractivity contribution is 0.102. The van der Waals surface area contributed by atoms with Gasteiger partial charge in [0.2, 0.25) is 0 Å². The summed E-state index contributed by atoms with van der Waals surface area (Å²) in [7, 11) is 0. The number of amides is 1. The third-order valence-corrected chi connectivity index (χ3v) is 2.85. The maximum absolute atomic E-state index is 12.0. The Bertz CT molecular complexity index is 698. The number of aromatic nitrogens is 1. The highest BCUT2D eigenvalue weighted by Crippen LogP contribution is 2.23. The van der Waals surface area contributed by atoms with Crippen molar-refractivity contribution in [1.29, 1.82) is 0 Å². The van der Waals surface area contributed by atoms with Crippen LogP contribution in [0.25, 0.3) is 0 Å². The summed E-state index contributed by atoms with van der Waals surface area (Å²) in [5.74, 6) is 5.33. The minimum atomic E-state index is -0.363. The topological polar surface area (TPSA) is 75.4 Å². The Hall–Kier alpha value is -2.29. The Morgan fingerprint density at radius 2 is 2.35 bits per heavy atom. The number of carbonyl (C=O) groups is 1. The highest BCUT2D eigenvalue weighted by Gasteiger charge is 2.14. The molecule has 2 N–H and O–H groups in total. The van der Waals surface area contributed by atoms with Crippen molar-refractivity contribution in [3.63, 3.8) is 0 Å². The molecule has 5 nitrogen and oxygen atoms in total. The smallest absolute Gasteiger partial charge is 0.260 e. The Balaban J connectivity index is 2.25. The summed E-state index contributed by atoms with van der Waals surface area (Å²) in [6.45, 7) is 1.41. The molecule has 2 aromatic rings. The van der Waals surface area contributed by atoms with Gasteiger partial charge in [0.25, 0.3) is 5.91 Å². The Kier molecular flexibility index (Phi) is 4.41. The molecule has 20 heavy (non-hydrogen) atoms. The fourth-order valence-corrected chi connectivity index (χ4v) is 1.71. The molecule has 0 saturated heterocycles. The van der Waals surface area contributed by atoms with E-state index in [2.05, 4.69) is 22.3 Å². The van der Waals surface area contributed by atoms with Crippen LogP contribution in [-0.4, -0.2) is 22.8 Å². The van der Waals surface area contributed by atoms with Gasteiger partial charge in [0.1, 0.15) is 17.9 Å². The number of aliphatic hydroxyl groups excluding tert-OH is 1. The molecule has 6 heteroatoms. The van der Waals surface area contributed by atoms with E-state index < -0.39 is 0 Å². The van der Waals surface area contributed by atoms with Crippen LogP contribution in [0.15, 0.2) is 28.9 Å². The number of benzene rings is 1.